The zero-order valence-electron chi connectivity index (χ0n) is 34.5. The Labute approximate surface area is 335 Å². The largest absolute Gasteiger partial charge is 0.497 e. The molecule has 2 aliphatic heterocycles. The van der Waals surface area contributed by atoms with Crippen molar-refractivity contribution < 1.29 is 46.5 Å². The van der Waals surface area contributed by atoms with Gasteiger partial charge in [0.15, 0.2) is 5.78 Å². The third kappa shape index (κ3) is 9.45. The molecule has 2 saturated carbocycles. The Morgan fingerprint density at radius 1 is 1.07 bits per heavy atom. The molecule has 3 fully saturated rings. The molecule has 14 nitrogen and oxygen atoms in total. The number of carbonyl (C=O) groups is 4. The molecule has 2 aliphatic carbocycles. The van der Waals surface area contributed by atoms with E-state index >= 15 is 4.79 Å². The van der Waals surface area contributed by atoms with Crippen LogP contribution in [0.1, 0.15) is 98.1 Å². The zero-order chi connectivity index (χ0) is 41.5. The van der Waals surface area contributed by atoms with Crippen LogP contribution in [0.15, 0.2) is 30.4 Å². The summed E-state index contributed by atoms with van der Waals surface area (Å²) in [5.41, 5.74) is -0.383. The number of methoxy groups -OCH3 is 2. The van der Waals surface area contributed by atoms with Gasteiger partial charge in [-0.15, -0.1) is 0 Å². The molecule has 1 aromatic carbocycles. The van der Waals surface area contributed by atoms with Crippen molar-refractivity contribution in [2.75, 3.05) is 27.4 Å². The number of amides is 2. The van der Waals surface area contributed by atoms with Gasteiger partial charge in [0.05, 0.1) is 53.2 Å². The standard InChI is InChI=1S/C42H58N4O10S/c1-25-11-9-10-12-28-21-42(28,39(50)45-57(51,52)41(6)15-16-41)22-35(47)34-19-30(55-37-26(2)43-32-14-13-29(54-8)18-33(32)44-37)23-46(34)38(49)31(27(17-25)24-53-7)20-36(48)56-40(3,4)5/h10,12-14,18,25,27-28,30-31,34H,9,11,15-17,19-24H2,1-8H3,(H,45,50)/b12-10-/t25-,27+,28-,30-,31+,34+,42-/m1/s1. The lowest BCUT2D eigenvalue weighted by Crippen LogP contribution is -2.48. The van der Waals surface area contributed by atoms with Gasteiger partial charge in [-0.25, -0.2) is 18.4 Å². The van der Waals surface area contributed by atoms with Crippen molar-refractivity contribution in [3.8, 4) is 11.6 Å². The summed E-state index contributed by atoms with van der Waals surface area (Å²) in [4.78, 5) is 68.2. The number of ether oxygens (including phenoxy) is 4. The van der Waals surface area contributed by atoms with Crippen LogP contribution in [0.5, 0.6) is 11.6 Å². The first kappa shape index (κ1) is 42.5. The highest BCUT2D eigenvalue weighted by atomic mass is 32.2. The van der Waals surface area contributed by atoms with E-state index in [-0.39, 0.29) is 61.8 Å². The number of hydrogen-bond acceptors (Lipinski definition) is 12. The number of aryl methyl sites for hydroxylation is 1. The Balaban J connectivity index is 1.37. The average Bonchev–Trinajstić information content (AvgIpc) is 4.01. The summed E-state index contributed by atoms with van der Waals surface area (Å²) < 4.78 is 51.1. The molecule has 2 amide bonds. The number of aromatic nitrogens is 2. The molecule has 1 saturated heterocycles. The number of fused-ring (bicyclic) bond motifs is 3. The number of ketones is 1. The fourth-order valence-corrected chi connectivity index (χ4v) is 9.69. The highest BCUT2D eigenvalue weighted by Crippen LogP contribution is 2.57. The molecule has 3 heterocycles. The Kier molecular flexibility index (Phi) is 12.1. The SMILES string of the molecule is COC[C@@H]1C[C@H](C)CC/C=C\[C@@H]2C[C@@]2(C(=O)NS(=O)(=O)C2(C)CC2)CC(=O)[C@@H]2C[C@@H](Oc3nc4cc(OC)ccc4nc3C)CN2C(=O)[C@H]1CC(=O)OC(C)(C)C. The molecule has 6 rings (SSSR count). The molecule has 15 heteroatoms. The van der Waals surface area contributed by atoms with Crippen molar-refractivity contribution in [2.24, 2.45) is 29.1 Å². The Morgan fingerprint density at radius 3 is 2.47 bits per heavy atom. The number of hydrogen-bond donors (Lipinski definition) is 1. The third-order valence-electron chi connectivity index (χ3n) is 12.1. The number of nitrogens with zero attached hydrogens (tertiary/aromatic N) is 3. The van der Waals surface area contributed by atoms with Crippen LogP contribution in [0.2, 0.25) is 0 Å². The number of benzene rings is 1. The molecule has 1 aromatic heterocycles. The van der Waals surface area contributed by atoms with Crippen LogP contribution in [0.3, 0.4) is 0 Å². The lowest BCUT2D eigenvalue weighted by atomic mass is 9.81. The van der Waals surface area contributed by atoms with E-state index in [1.807, 2.05) is 12.2 Å². The quantitative estimate of drug-likeness (QED) is 0.244. The highest BCUT2D eigenvalue weighted by molar-refractivity contribution is 7.91. The lowest BCUT2D eigenvalue weighted by Gasteiger charge is -2.33. The Morgan fingerprint density at radius 2 is 1.81 bits per heavy atom. The van der Waals surface area contributed by atoms with Gasteiger partial charge >= 0.3 is 5.97 Å². The van der Waals surface area contributed by atoms with Gasteiger partial charge in [-0.2, -0.15) is 0 Å². The van der Waals surface area contributed by atoms with Crippen molar-refractivity contribution in [1.29, 1.82) is 0 Å². The van der Waals surface area contributed by atoms with Crippen LogP contribution >= 0.6 is 0 Å². The number of rotatable bonds is 10. The van der Waals surface area contributed by atoms with E-state index in [0.717, 1.165) is 6.42 Å². The van der Waals surface area contributed by atoms with Gasteiger partial charge in [0, 0.05) is 32.6 Å². The number of esters is 1. The maximum absolute atomic E-state index is 15.1. The summed E-state index contributed by atoms with van der Waals surface area (Å²) >= 11 is 0. The molecule has 0 bridgehead atoms. The molecule has 7 atom stereocenters. The van der Waals surface area contributed by atoms with Crippen molar-refractivity contribution >= 4 is 44.6 Å². The topological polar surface area (TPSA) is 180 Å². The second-order valence-corrected chi connectivity index (χ2v) is 20.1. The summed E-state index contributed by atoms with van der Waals surface area (Å²) in [5, 5.41) is 0. The van der Waals surface area contributed by atoms with Crippen LogP contribution in [-0.4, -0.2) is 96.7 Å². The minimum absolute atomic E-state index is 0.00183. The van der Waals surface area contributed by atoms with Crippen molar-refractivity contribution in [3.63, 3.8) is 0 Å². The molecule has 0 spiro atoms. The normalized spacial score (nSPS) is 29.6. The first-order valence-corrected chi connectivity index (χ1v) is 21.5. The molecule has 0 radical (unpaired) electrons. The minimum atomic E-state index is -3.97. The first-order valence-electron chi connectivity index (χ1n) is 20.0. The highest BCUT2D eigenvalue weighted by Gasteiger charge is 2.62. The van der Waals surface area contributed by atoms with Crippen LogP contribution in [-0.2, 0) is 38.7 Å². The predicted molar refractivity (Wildman–Crippen MR) is 212 cm³/mol. The maximum Gasteiger partial charge on any atom is 0.307 e. The summed E-state index contributed by atoms with van der Waals surface area (Å²) in [6, 6.07) is 4.30. The second-order valence-electron chi connectivity index (χ2n) is 17.9. The van der Waals surface area contributed by atoms with E-state index in [4.69, 9.17) is 23.9 Å². The van der Waals surface area contributed by atoms with Gasteiger partial charge in [0.2, 0.25) is 27.7 Å². The lowest BCUT2D eigenvalue weighted by molar-refractivity contribution is -0.160. The van der Waals surface area contributed by atoms with Crippen LogP contribution < -0.4 is 14.2 Å². The molecular weight excluding hydrogens is 753 g/mol. The minimum Gasteiger partial charge on any atom is -0.497 e. The van der Waals surface area contributed by atoms with E-state index in [2.05, 4.69) is 16.6 Å². The average molecular weight is 811 g/mol. The number of carbonyl (C=O) groups excluding carboxylic acids is 4. The van der Waals surface area contributed by atoms with Crippen LogP contribution in [0.4, 0.5) is 0 Å². The summed E-state index contributed by atoms with van der Waals surface area (Å²) in [7, 11) is -0.851. The monoisotopic (exact) mass is 810 g/mol. The van der Waals surface area contributed by atoms with Crippen LogP contribution in [0.25, 0.3) is 11.0 Å². The third-order valence-corrected chi connectivity index (χ3v) is 14.2. The Hall–Kier alpha value is -4.11. The fourth-order valence-electron chi connectivity index (χ4n) is 8.35. The molecule has 2 aromatic rings. The molecule has 57 heavy (non-hydrogen) atoms. The molecule has 312 valence electrons. The van der Waals surface area contributed by atoms with Crippen molar-refractivity contribution in [1.82, 2.24) is 19.6 Å². The molecule has 4 aliphatic rings. The van der Waals surface area contributed by atoms with Crippen molar-refractivity contribution in [2.45, 2.75) is 122 Å². The summed E-state index contributed by atoms with van der Waals surface area (Å²) in [6.45, 7) is 11.0. The summed E-state index contributed by atoms with van der Waals surface area (Å²) in [6.07, 6.45) is 6.05. The van der Waals surface area contributed by atoms with Crippen LogP contribution in [0, 0.1) is 36.0 Å². The van der Waals surface area contributed by atoms with E-state index in [0.29, 0.717) is 54.6 Å². The van der Waals surface area contributed by atoms with Gasteiger partial charge in [0.25, 0.3) is 0 Å². The predicted octanol–water partition coefficient (Wildman–Crippen LogP) is 5.25. The van der Waals surface area contributed by atoms with E-state index in [1.165, 1.54) is 4.90 Å². The fraction of sp³-hybridized carbons (Fsp3) is 0.667. The van der Waals surface area contributed by atoms with Gasteiger partial charge < -0.3 is 23.8 Å². The molecule has 1 N–H and O–H groups in total. The number of allylic oxidation sites excluding steroid dienone is 2. The second kappa shape index (κ2) is 16.3. The van der Waals surface area contributed by atoms with E-state index in [9.17, 15) is 22.8 Å². The Bertz CT molecular complexity index is 2030. The molecule has 0 unspecified atom stereocenters. The van der Waals surface area contributed by atoms with E-state index in [1.54, 1.807) is 67.0 Å². The number of Topliss-reactive ketones (excluding diaryl/α,β-unsaturated/α-hetero) is 1. The maximum atomic E-state index is 15.1. The smallest absolute Gasteiger partial charge is 0.307 e. The van der Waals surface area contributed by atoms with E-state index < -0.39 is 61.6 Å². The van der Waals surface area contributed by atoms with Gasteiger partial charge in [-0.05, 0) is 103 Å². The van der Waals surface area contributed by atoms with Gasteiger partial charge in [-0.3, -0.25) is 23.9 Å². The van der Waals surface area contributed by atoms with Gasteiger partial charge in [0.1, 0.15) is 23.1 Å². The summed E-state index contributed by atoms with van der Waals surface area (Å²) in [5.74, 6) is -2.68. The van der Waals surface area contributed by atoms with Crippen molar-refractivity contribution in [3.05, 3.63) is 36.0 Å². The number of nitrogens with one attached hydrogen (secondary N) is 1. The first-order chi connectivity index (χ1) is 26.8. The van der Waals surface area contributed by atoms with Gasteiger partial charge in [-0.1, -0.05) is 19.1 Å². The molecular formula is C42H58N4O10S. The number of sulfonamides is 1. The zero-order valence-corrected chi connectivity index (χ0v) is 35.3.